The van der Waals surface area contributed by atoms with E-state index in [2.05, 4.69) is 5.16 Å². The summed E-state index contributed by atoms with van der Waals surface area (Å²) in [5.41, 5.74) is -0.699. The molecule has 1 aromatic carbocycles. The second-order valence-electron chi connectivity index (χ2n) is 4.14. The summed E-state index contributed by atoms with van der Waals surface area (Å²) in [5.74, 6) is -0.630. The smallest absolute Gasteiger partial charge is 0.316 e. The number of carboxylic acids is 1. The minimum absolute atomic E-state index is 0.0699. The first-order valence-corrected chi connectivity index (χ1v) is 4.75. The van der Waals surface area contributed by atoms with Crippen LogP contribution in [0.3, 0.4) is 0 Å². The topological polar surface area (TPSA) is 83.6 Å². The zero-order chi connectivity index (χ0) is 11.9. The van der Waals surface area contributed by atoms with Gasteiger partial charge in [0, 0.05) is 11.5 Å². The molecule has 0 aliphatic carbocycles. The van der Waals surface area contributed by atoms with Crippen LogP contribution in [0.5, 0.6) is 5.75 Å². The quantitative estimate of drug-likeness (QED) is 0.809. The Hall–Kier alpha value is -2.04. The highest BCUT2D eigenvalue weighted by molar-refractivity contribution is 5.89. The molecule has 0 unspecified atom stereocenters. The summed E-state index contributed by atoms with van der Waals surface area (Å²) in [6.07, 6.45) is 0. The Balaban J connectivity index is 2.67. The fraction of sp³-hybridized carbons (Fsp3) is 0.273. The molecule has 16 heavy (non-hydrogen) atoms. The minimum atomic E-state index is -1.15. The Morgan fingerprint density at radius 2 is 2.12 bits per heavy atom. The fourth-order valence-corrected chi connectivity index (χ4v) is 1.48. The van der Waals surface area contributed by atoms with Gasteiger partial charge in [-0.1, -0.05) is 5.16 Å². The molecule has 0 saturated carbocycles. The first-order valence-electron chi connectivity index (χ1n) is 4.75. The summed E-state index contributed by atoms with van der Waals surface area (Å²) in [4.78, 5) is 11.1. The van der Waals surface area contributed by atoms with Crippen LogP contribution >= 0.6 is 0 Å². The third kappa shape index (κ3) is 1.41. The molecule has 5 heteroatoms. The number of aliphatic carboxylic acids is 1. The van der Waals surface area contributed by atoms with Crippen LogP contribution in [-0.4, -0.2) is 21.3 Å². The lowest BCUT2D eigenvalue weighted by molar-refractivity contribution is -0.143. The third-order valence-corrected chi connectivity index (χ3v) is 2.56. The summed E-state index contributed by atoms with van der Waals surface area (Å²) in [7, 11) is 0. The molecule has 0 fully saturated rings. The maximum atomic E-state index is 11.1. The molecule has 2 rings (SSSR count). The van der Waals surface area contributed by atoms with Crippen LogP contribution in [0.1, 0.15) is 19.6 Å². The van der Waals surface area contributed by atoms with E-state index in [1.807, 2.05) is 0 Å². The van der Waals surface area contributed by atoms with Crippen LogP contribution in [0.15, 0.2) is 22.7 Å². The molecule has 0 saturated heterocycles. The van der Waals surface area contributed by atoms with Crippen LogP contribution in [0.2, 0.25) is 0 Å². The van der Waals surface area contributed by atoms with E-state index < -0.39 is 11.4 Å². The summed E-state index contributed by atoms with van der Waals surface area (Å²) >= 11 is 0. The van der Waals surface area contributed by atoms with Crippen molar-refractivity contribution >= 4 is 16.9 Å². The van der Waals surface area contributed by atoms with Crippen molar-refractivity contribution in [3.8, 4) is 5.75 Å². The van der Waals surface area contributed by atoms with Crippen molar-refractivity contribution < 1.29 is 19.5 Å². The molecule has 2 aromatic rings. The first-order chi connectivity index (χ1) is 7.43. The monoisotopic (exact) mass is 221 g/mol. The molecule has 84 valence electrons. The number of carboxylic acid groups (broad SMARTS) is 1. The Morgan fingerprint density at radius 3 is 2.75 bits per heavy atom. The lowest BCUT2D eigenvalue weighted by atomic mass is 9.88. The average Bonchev–Trinajstić information content (AvgIpc) is 2.60. The Morgan fingerprint density at radius 1 is 1.44 bits per heavy atom. The van der Waals surface area contributed by atoms with Gasteiger partial charge in [0.1, 0.15) is 16.7 Å². The van der Waals surface area contributed by atoms with Gasteiger partial charge in [-0.2, -0.15) is 0 Å². The normalized spacial score (nSPS) is 11.9. The van der Waals surface area contributed by atoms with Crippen LogP contribution in [0, 0.1) is 0 Å². The van der Waals surface area contributed by atoms with Crippen molar-refractivity contribution in [3.63, 3.8) is 0 Å². The van der Waals surface area contributed by atoms with Crippen molar-refractivity contribution in [1.29, 1.82) is 0 Å². The molecular formula is C11H11NO4. The number of aromatic hydroxyl groups is 1. The van der Waals surface area contributed by atoms with E-state index in [0.717, 1.165) is 0 Å². The Labute approximate surface area is 91.3 Å². The molecule has 1 aromatic heterocycles. The number of nitrogens with zero attached hydrogens (tertiary/aromatic N) is 1. The number of phenolic OH excluding ortho intramolecular Hbond substituents is 1. The van der Waals surface area contributed by atoms with Crippen molar-refractivity contribution in [1.82, 2.24) is 5.16 Å². The van der Waals surface area contributed by atoms with E-state index in [1.165, 1.54) is 12.1 Å². The first kappa shape index (κ1) is 10.5. The number of hydrogen-bond acceptors (Lipinski definition) is 4. The Kier molecular flexibility index (Phi) is 2.11. The minimum Gasteiger partial charge on any atom is -0.508 e. The van der Waals surface area contributed by atoms with Crippen LogP contribution < -0.4 is 0 Å². The molecule has 0 atom stereocenters. The predicted molar refractivity (Wildman–Crippen MR) is 56.3 cm³/mol. The van der Waals surface area contributed by atoms with Crippen LogP contribution in [0.25, 0.3) is 10.9 Å². The fourth-order valence-electron chi connectivity index (χ4n) is 1.48. The van der Waals surface area contributed by atoms with Gasteiger partial charge in [0.05, 0.1) is 0 Å². The van der Waals surface area contributed by atoms with Crippen molar-refractivity contribution in [3.05, 3.63) is 24.0 Å². The van der Waals surface area contributed by atoms with Gasteiger partial charge in [0.2, 0.25) is 0 Å². The van der Waals surface area contributed by atoms with Crippen molar-refractivity contribution in [2.75, 3.05) is 0 Å². The highest BCUT2D eigenvalue weighted by Gasteiger charge is 2.35. The van der Waals surface area contributed by atoms with E-state index in [1.54, 1.807) is 19.9 Å². The summed E-state index contributed by atoms with van der Waals surface area (Å²) in [6.45, 7) is 3.09. The van der Waals surface area contributed by atoms with E-state index in [0.29, 0.717) is 10.9 Å². The van der Waals surface area contributed by atoms with Gasteiger partial charge in [0.25, 0.3) is 0 Å². The zero-order valence-corrected chi connectivity index (χ0v) is 8.89. The van der Waals surface area contributed by atoms with Crippen molar-refractivity contribution in [2.24, 2.45) is 0 Å². The zero-order valence-electron chi connectivity index (χ0n) is 8.89. The molecule has 0 bridgehead atoms. The van der Waals surface area contributed by atoms with Gasteiger partial charge < -0.3 is 14.7 Å². The molecule has 0 radical (unpaired) electrons. The van der Waals surface area contributed by atoms with Gasteiger partial charge in [-0.15, -0.1) is 0 Å². The van der Waals surface area contributed by atoms with Gasteiger partial charge in [-0.25, -0.2) is 0 Å². The van der Waals surface area contributed by atoms with Gasteiger partial charge >= 0.3 is 5.97 Å². The highest BCUT2D eigenvalue weighted by Crippen LogP contribution is 2.31. The molecular weight excluding hydrogens is 210 g/mol. The molecule has 2 N–H and O–H groups in total. The number of aromatic nitrogens is 1. The second kappa shape index (κ2) is 3.23. The highest BCUT2D eigenvalue weighted by atomic mass is 16.5. The van der Waals surface area contributed by atoms with E-state index in [-0.39, 0.29) is 11.5 Å². The lowest BCUT2D eigenvalue weighted by Crippen LogP contribution is -2.28. The van der Waals surface area contributed by atoms with Crippen LogP contribution in [0.4, 0.5) is 0 Å². The van der Waals surface area contributed by atoms with Crippen molar-refractivity contribution in [2.45, 2.75) is 19.3 Å². The van der Waals surface area contributed by atoms with Gasteiger partial charge in [-0.3, -0.25) is 4.79 Å². The molecule has 0 spiro atoms. The number of benzene rings is 1. The van der Waals surface area contributed by atoms with E-state index >= 15 is 0 Å². The maximum Gasteiger partial charge on any atom is 0.316 e. The number of carbonyl (C=O) groups is 1. The van der Waals surface area contributed by atoms with Gasteiger partial charge in [0.15, 0.2) is 5.76 Å². The summed E-state index contributed by atoms with van der Waals surface area (Å²) in [6, 6.07) is 4.50. The van der Waals surface area contributed by atoms with E-state index in [4.69, 9.17) is 9.63 Å². The SMILES string of the molecule is CC(C)(C(=O)O)c1onc2cc(O)ccc12. The maximum absolute atomic E-state index is 11.1. The molecule has 0 aliphatic rings. The van der Waals surface area contributed by atoms with Crippen LogP contribution in [-0.2, 0) is 10.2 Å². The number of rotatable bonds is 2. The summed E-state index contributed by atoms with van der Waals surface area (Å²) in [5, 5.41) is 22.7. The predicted octanol–water partition coefficient (Wildman–Crippen LogP) is 1.90. The standard InChI is InChI=1S/C11H11NO4/c1-11(2,10(14)15)9-7-4-3-6(13)5-8(7)12-16-9/h3-5,13H,1-2H3,(H,14,15). The lowest BCUT2D eigenvalue weighted by Gasteiger charge is -2.15. The third-order valence-electron chi connectivity index (χ3n) is 2.56. The number of phenols is 1. The number of hydrogen-bond donors (Lipinski definition) is 2. The number of fused-ring (bicyclic) bond motifs is 1. The molecule has 5 nitrogen and oxygen atoms in total. The molecule has 1 heterocycles. The van der Waals surface area contributed by atoms with E-state index in [9.17, 15) is 9.90 Å². The molecule has 0 aliphatic heterocycles. The molecule has 0 amide bonds. The Bertz CT molecular complexity index is 556. The average molecular weight is 221 g/mol. The summed E-state index contributed by atoms with van der Waals surface area (Å²) < 4.78 is 5.05. The second-order valence-corrected chi connectivity index (χ2v) is 4.14. The van der Waals surface area contributed by atoms with Gasteiger partial charge in [-0.05, 0) is 26.0 Å². The largest absolute Gasteiger partial charge is 0.508 e.